The van der Waals surface area contributed by atoms with Crippen LogP contribution in [0.15, 0.2) is 30.3 Å². The number of carbonyl (C=O) groups is 2. The average Bonchev–Trinajstić information content (AvgIpc) is 2.46. The lowest BCUT2D eigenvalue weighted by Gasteiger charge is -2.37. The standard InChI is InChI=1S/C15H21N3O2.CH4.H2S/c1-11(19)17-9-15(20)18-8-7-14(16)13(10-18)12-5-3-2-4-6-12;;/h2-6,13-14H,7-10,16H2,1H3,(H,17,19);1H4;1H2/t13-,14-;;/m0../s1. The lowest BCUT2D eigenvalue weighted by Crippen LogP contribution is -2.50. The lowest BCUT2D eigenvalue weighted by molar-refractivity contribution is -0.133. The van der Waals surface area contributed by atoms with Gasteiger partial charge in [0.1, 0.15) is 0 Å². The van der Waals surface area contributed by atoms with E-state index in [1.165, 1.54) is 6.92 Å². The van der Waals surface area contributed by atoms with Gasteiger partial charge in [0.25, 0.3) is 0 Å². The third kappa shape index (κ3) is 5.35. The Hall–Kier alpha value is -1.53. The van der Waals surface area contributed by atoms with E-state index in [4.69, 9.17) is 5.73 Å². The first-order chi connectivity index (χ1) is 9.58. The zero-order chi connectivity index (χ0) is 14.5. The maximum Gasteiger partial charge on any atom is 0.241 e. The van der Waals surface area contributed by atoms with E-state index in [-0.39, 0.29) is 51.2 Å². The topological polar surface area (TPSA) is 75.4 Å². The molecule has 2 amide bonds. The molecule has 0 aromatic heterocycles. The van der Waals surface area contributed by atoms with Crippen LogP contribution in [0.2, 0.25) is 0 Å². The highest BCUT2D eigenvalue weighted by molar-refractivity contribution is 7.59. The summed E-state index contributed by atoms with van der Waals surface area (Å²) in [5.74, 6) is -0.0778. The average molecular weight is 325 g/mol. The molecule has 1 fully saturated rings. The van der Waals surface area contributed by atoms with Crippen molar-refractivity contribution in [2.75, 3.05) is 19.6 Å². The Morgan fingerprint density at radius 2 is 1.95 bits per heavy atom. The van der Waals surface area contributed by atoms with Gasteiger partial charge in [-0.05, 0) is 12.0 Å². The van der Waals surface area contributed by atoms with Gasteiger partial charge in [-0.3, -0.25) is 9.59 Å². The number of amides is 2. The molecular formula is C16H27N3O2S. The summed E-state index contributed by atoms with van der Waals surface area (Å²) in [6.07, 6.45) is 0.783. The number of nitrogens with zero attached hydrogens (tertiary/aromatic N) is 1. The Kier molecular flexibility index (Phi) is 8.82. The van der Waals surface area contributed by atoms with Crippen LogP contribution < -0.4 is 11.1 Å². The molecule has 2 atom stereocenters. The molecule has 0 radical (unpaired) electrons. The zero-order valence-electron chi connectivity index (χ0n) is 12.2. The van der Waals surface area contributed by atoms with Crippen molar-refractivity contribution in [3.05, 3.63) is 35.9 Å². The molecule has 22 heavy (non-hydrogen) atoms. The summed E-state index contributed by atoms with van der Waals surface area (Å²) >= 11 is 0. The Morgan fingerprint density at radius 3 is 2.55 bits per heavy atom. The van der Waals surface area contributed by atoms with Gasteiger partial charge in [-0.25, -0.2) is 0 Å². The van der Waals surface area contributed by atoms with Crippen molar-refractivity contribution in [2.45, 2.75) is 32.7 Å². The minimum atomic E-state index is -0.188. The smallest absolute Gasteiger partial charge is 0.241 e. The third-order valence-corrected chi connectivity index (χ3v) is 3.74. The molecule has 1 saturated heterocycles. The van der Waals surface area contributed by atoms with Crippen molar-refractivity contribution in [3.8, 4) is 0 Å². The third-order valence-electron chi connectivity index (χ3n) is 3.74. The van der Waals surface area contributed by atoms with Crippen LogP contribution >= 0.6 is 13.5 Å². The molecule has 0 aliphatic carbocycles. The first-order valence-corrected chi connectivity index (χ1v) is 6.90. The maximum absolute atomic E-state index is 12.1. The van der Waals surface area contributed by atoms with Gasteiger partial charge < -0.3 is 16.0 Å². The summed E-state index contributed by atoms with van der Waals surface area (Å²) in [5, 5.41) is 2.55. The Labute approximate surface area is 139 Å². The van der Waals surface area contributed by atoms with Gasteiger partial charge in [0.05, 0.1) is 6.54 Å². The van der Waals surface area contributed by atoms with Gasteiger partial charge in [0, 0.05) is 32.0 Å². The number of piperidine rings is 1. The van der Waals surface area contributed by atoms with Gasteiger partial charge in [-0.15, -0.1) is 0 Å². The van der Waals surface area contributed by atoms with Gasteiger partial charge in [-0.2, -0.15) is 13.5 Å². The number of nitrogens with one attached hydrogen (secondary N) is 1. The molecule has 1 aromatic rings. The fourth-order valence-corrected chi connectivity index (χ4v) is 2.56. The van der Waals surface area contributed by atoms with Crippen LogP contribution in [0.3, 0.4) is 0 Å². The second-order valence-electron chi connectivity index (χ2n) is 5.22. The molecule has 0 unspecified atom stereocenters. The van der Waals surface area contributed by atoms with Crippen LogP contribution in [-0.2, 0) is 9.59 Å². The Bertz CT molecular complexity index is 482. The normalized spacial score (nSPS) is 20.4. The van der Waals surface area contributed by atoms with Crippen molar-refractivity contribution in [1.82, 2.24) is 10.2 Å². The molecule has 0 spiro atoms. The van der Waals surface area contributed by atoms with Crippen molar-refractivity contribution in [2.24, 2.45) is 5.73 Å². The lowest BCUT2D eigenvalue weighted by atomic mass is 9.86. The summed E-state index contributed by atoms with van der Waals surface area (Å²) in [6.45, 7) is 2.74. The number of carbonyl (C=O) groups excluding carboxylic acids is 2. The SMILES string of the molecule is C.CC(=O)NCC(=O)N1CC[C@H](N)[C@H](c2ccccc2)C1.S. The van der Waals surface area contributed by atoms with Crippen LogP contribution in [0.4, 0.5) is 0 Å². The molecule has 124 valence electrons. The first-order valence-electron chi connectivity index (χ1n) is 6.90. The minimum absolute atomic E-state index is 0. The molecular weight excluding hydrogens is 298 g/mol. The van der Waals surface area contributed by atoms with Crippen molar-refractivity contribution >= 4 is 25.3 Å². The highest BCUT2D eigenvalue weighted by atomic mass is 32.1. The highest BCUT2D eigenvalue weighted by Gasteiger charge is 2.30. The van der Waals surface area contributed by atoms with Crippen LogP contribution in [0, 0.1) is 0 Å². The predicted octanol–water partition coefficient (Wildman–Crippen LogP) is 1.21. The number of hydrogen-bond acceptors (Lipinski definition) is 3. The summed E-state index contributed by atoms with van der Waals surface area (Å²) in [6, 6.07) is 10.1. The number of benzene rings is 1. The van der Waals surface area contributed by atoms with Crippen LogP contribution in [0.5, 0.6) is 0 Å². The fourth-order valence-electron chi connectivity index (χ4n) is 2.56. The molecule has 1 aliphatic heterocycles. The molecule has 5 nitrogen and oxygen atoms in total. The van der Waals surface area contributed by atoms with Crippen LogP contribution in [-0.4, -0.2) is 42.4 Å². The second-order valence-corrected chi connectivity index (χ2v) is 5.22. The van der Waals surface area contributed by atoms with Crippen LogP contribution in [0.1, 0.15) is 32.3 Å². The van der Waals surface area contributed by atoms with Gasteiger partial charge in [0.15, 0.2) is 0 Å². The summed E-state index contributed by atoms with van der Waals surface area (Å²) in [5.41, 5.74) is 7.35. The minimum Gasteiger partial charge on any atom is -0.347 e. The molecule has 2 rings (SSSR count). The van der Waals surface area contributed by atoms with Gasteiger partial charge in [-0.1, -0.05) is 37.8 Å². The maximum atomic E-state index is 12.1. The Morgan fingerprint density at radius 1 is 1.32 bits per heavy atom. The first kappa shape index (κ1) is 20.5. The summed E-state index contributed by atoms with van der Waals surface area (Å²) in [4.78, 5) is 24.7. The van der Waals surface area contributed by atoms with Crippen molar-refractivity contribution < 1.29 is 9.59 Å². The van der Waals surface area contributed by atoms with Gasteiger partial charge >= 0.3 is 0 Å². The molecule has 0 bridgehead atoms. The molecule has 6 heteroatoms. The summed E-state index contributed by atoms with van der Waals surface area (Å²) < 4.78 is 0. The van der Waals surface area contributed by atoms with E-state index < -0.39 is 0 Å². The van der Waals surface area contributed by atoms with E-state index >= 15 is 0 Å². The Balaban J connectivity index is 0.00000220. The number of rotatable bonds is 3. The molecule has 1 heterocycles. The molecule has 3 N–H and O–H groups in total. The van der Waals surface area contributed by atoms with Crippen LogP contribution in [0.25, 0.3) is 0 Å². The largest absolute Gasteiger partial charge is 0.347 e. The fraction of sp³-hybridized carbons (Fsp3) is 0.500. The second kappa shape index (κ2) is 9.48. The number of hydrogen-bond donors (Lipinski definition) is 2. The van der Waals surface area contributed by atoms with Gasteiger partial charge in [0.2, 0.25) is 11.8 Å². The van der Waals surface area contributed by atoms with E-state index in [1.807, 2.05) is 30.3 Å². The highest BCUT2D eigenvalue weighted by Crippen LogP contribution is 2.25. The predicted molar refractivity (Wildman–Crippen MR) is 94.2 cm³/mol. The van der Waals surface area contributed by atoms with E-state index in [9.17, 15) is 9.59 Å². The quantitative estimate of drug-likeness (QED) is 0.877. The summed E-state index contributed by atoms with van der Waals surface area (Å²) in [7, 11) is 0. The molecule has 1 aliphatic rings. The van der Waals surface area contributed by atoms with E-state index in [0.717, 1.165) is 12.0 Å². The van der Waals surface area contributed by atoms with E-state index in [1.54, 1.807) is 4.90 Å². The monoisotopic (exact) mass is 325 g/mol. The van der Waals surface area contributed by atoms with E-state index in [0.29, 0.717) is 13.1 Å². The van der Waals surface area contributed by atoms with E-state index in [2.05, 4.69) is 5.32 Å². The number of likely N-dealkylation sites (tertiary alicyclic amines) is 1. The molecule has 1 aromatic carbocycles. The molecule has 0 saturated carbocycles. The zero-order valence-corrected chi connectivity index (χ0v) is 13.2. The van der Waals surface area contributed by atoms with Crippen molar-refractivity contribution in [3.63, 3.8) is 0 Å². The van der Waals surface area contributed by atoms with Crippen molar-refractivity contribution in [1.29, 1.82) is 0 Å². The number of nitrogens with two attached hydrogens (primary N) is 1.